The standard InChI is InChI=1S/C43H52N4O5/c44-38-13-6-7-14-39(38)46-42(50)16-10-15-41(49)45-28-35-11-4-5-12-37(35)32-21-23-34(24-22-32)43-51-36(29-47-25-8-2-1-3-9-26-47)27-40(52-43)33-19-17-31(30-48)18-20-33/h4-7,11-14,17-24,36,40,43,48H,1-3,8-10,15-16,25-30,44H2,(H,45,49)(H,46,50)/t36-,40+,43+/m0/s1. The molecule has 2 amide bonds. The number of rotatable bonds is 13. The summed E-state index contributed by atoms with van der Waals surface area (Å²) in [6, 6.07) is 31.6. The first kappa shape index (κ1) is 37.2. The highest BCUT2D eigenvalue weighted by atomic mass is 16.7. The molecule has 52 heavy (non-hydrogen) atoms. The smallest absolute Gasteiger partial charge is 0.224 e. The van der Waals surface area contributed by atoms with Gasteiger partial charge in [0, 0.05) is 37.9 Å². The molecular formula is C43H52N4O5. The molecule has 0 radical (unpaired) electrons. The maximum Gasteiger partial charge on any atom is 0.224 e. The van der Waals surface area contributed by atoms with Crippen LogP contribution in [0.15, 0.2) is 97.1 Å². The fourth-order valence-corrected chi connectivity index (χ4v) is 7.11. The lowest BCUT2D eigenvalue weighted by molar-refractivity contribution is -0.253. The van der Waals surface area contributed by atoms with Crippen molar-refractivity contribution in [3.63, 3.8) is 0 Å². The number of likely N-dealkylation sites (tertiary alicyclic amines) is 1. The summed E-state index contributed by atoms with van der Waals surface area (Å²) >= 11 is 0. The first-order valence-electron chi connectivity index (χ1n) is 18.8. The van der Waals surface area contributed by atoms with Gasteiger partial charge in [0.25, 0.3) is 0 Å². The molecule has 0 aliphatic carbocycles. The van der Waals surface area contributed by atoms with Gasteiger partial charge in [-0.2, -0.15) is 0 Å². The van der Waals surface area contributed by atoms with E-state index in [1.807, 2.05) is 42.5 Å². The van der Waals surface area contributed by atoms with Crippen LogP contribution in [-0.2, 0) is 32.2 Å². The number of ether oxygens (including phenoxy) is 2. The van der Waals surface area contributed by atoms with Crippen molar-refractivity contribution in [1.29, 1.82) is 0 Å². The predicted octanol–water partition coefficient (Wildman–Crippen LogP) is 7.66. The van der Waals surface area contributed by atoms with Crippen molar-refractivity contribution in [2.75, 3.05) is 30.7 Å². The van der Waals surface area contributed by atoms with Gasteiger partial charge in [-0.25, -0.2) is 0 Å². The van der Waals surface area contributed by atoms with Gasteiger partial charge in [-0.3, -0.25) is 9.59 Å². The third-order valence-corrected chi connectivity index (χ3v) is 10.1. The molecule has 5 N–H and O–H groups in total. The van der Waals surface area contributed by atoms with Gasteiger partial charge in [0.2, 0.25) is 11.8 Å². The number of nitrogen functional groups attached to an aromatic ring is 1. The van der Waals surface area contributed by atoms with E-state index in [4.69, 9.17) is 15.2 Å². The molecule has 6 rings (SSSR count). The second-order valence-electron chi connectivity index (χ2n) is 14.0. The van der Waals surface area contributed by atoms with E-state index < -0.39 is 6.29 Å². The maximum absolute atomic E-state index is 12.7. The number of carbonyl (C=O) groups is 2. The molecule has 2 saturated heterocycles. The van der Waals surface area contributed by atoms with Gasteiger partial charge in [-0.05, 0) is 72.3 Å². The van der Waals surface area contributed by atoms with E-state index >= 15 is 0 Å². The number of benzene rings is 4. The van der Waals surface area contributed by atoms with E-state index in [2.05, 4.69) is 58.0 Å². The van der Waals surface area contributed by atoms with Gasteiger partial charge in [0.1, 0.15) is 0 Å². The second kappa shape index (κ2) is 18.8. The maximum atomic E-state index is 12.7. The average molecular weight is 705 g/mol. The number of para-hydroxylation sites is 2. The van der Waals surface area contributed by atoms with Crippen LogP contribution in [0.4, 0.5) is 11.4 Å². The number of aliphatic hydroxyl groups excluding tert-OH is 1. The second-order valence-corrected chi connectivity index (χ2v) is 14.0. The molecule has 3 atom stereocenters. The van der Waals surface area contributed by atoms with Crippen LogP contribution < -0.4 is 16.4 Å². The Morgan fingerprint density at radius 3 is 2.19 bits per heavy atom. The first-order chi connectivity index (χ1) is 25.4. The summed E-state index contributed by atoms with van der Waals surface area (Å²) in [7, 11) is 0. The summed E-state index contributed by atoms with van der Waals surface area (Å²) in [6.07, 6.45) is 7.48. The summed E-state index contributed by atoms with van der Waals surface area (Å²) in [5.41, 5.74) is 13.0. The molecule has 0 bridgehead atoms. The molecule has 0 spiro atoms. The van der Waals surface area contributed by atoms with E-state index in [1.165, 1.54) is 32.1 Å². The SMILES string of the molecule is Nc1ccccc1NC(=O)CCCC(=O)NCc1ccccc1-c1ccc([C@@H]2O[C@H](CN3CCCCCCC3)C[C@H](c3ccc(CO)cc3)O2)cc1. The van der Waals surface area contributed by atoms with Crippen molar-refractivity contribution in [3.05, 3.63) is 119 Å². The number of carbonyl (C=O) groups excluding carboxylic acids is 2. The number of nitrogens with one attached hydrogen (secondary N) is 2. The van der Waals surface area contributed by atoms with Crippen LogP contribution in [0.2, 0.25) is 0 Å². The zero-order valence-corrected chi connectivity index (χ0v) is 30.0. The van der Waals surface area contributed by atoms with Gasteiger partial charge in [-0.15, -0.1) is 0 Å². The summed E-state index contributed by atoms with van der Waals surface area (Å²) in [4.78, 5) is 27.6. The summed E-state index contributed by atoms with van der Waals surface area (Å²) in [5.74, 6) is -0.270. The van der Waals surface area contributed by atoms with E-state index in [9.17, 15) is 14.7 Å². The monoisotopic (exact) mass is 704 g/mol. The Morgan fingerprint density at radius 2 is 1.44 bits per heavy atom. The number of anilines is 2. The van der Waals surface area contributed by atoms with Gasteiger partial charge >= 0.3 is 0 Å². The van der Waals surface area contributed by atoms with Crippen molar-refractivity contribution >= 4 is 23.2 Å². The first-order valence-corrected chi connectivity index (χ1v) is 18.8. The van der Waals surface area contributed by atoms with Gasteiger partial charge in [0.05, 0.1) is 30.2 Å². The number of amides is 2. The van der Waals surface area contributed by atoms with Crippen molar-refractivity contribution in [2.45, 2.75) is 89.4 Å². The fourth-order valence-electron chi connectivity index (χ4n) is 7.11. The third kappa shape index (κ3) is 10.5. The molecule has 2 fully saturated rings. The molecule has 0 aromatic heterocycles. The molecule has 0 unspecified atom stereocenters. The fraction of sp³-hybridized carbons (Fsp3) is 0.395. The minimum absolute atomic E-state index is 0.0170. The Labute approximate surface area is 307 Å². The Kier molecular flexibility index (Phi) is 13.5. The molecule has 4 aromatic carbocycles. The quantitative estimate of drug-likeness (QED) is 0.105. The number of nitrogens with zero attached hydrogens (tertiary/aromatic N) is 1. The van der Waals surface area contributed by atoms with Crippen LogP contribution in [-0.4, -0.2) is 47.6 Å². The predicted molar refractivity (Wildman–Crippen MR) is 205 cm³/mol. The van der Waals surface area contributed by atoms with Crippen LogP contribution in [0.3, 0.4) is 0 Å². The Bertz CT molecular complexity index is 1740. The highest BCUT2D eigenvalue weighted by Gasteiger charge is 2.33. The lowest BCUT2D eigenvalue weighted by Crippen LogP contribution is -2.40. The number of aliphatic hydroxyl groups is 1. The van der Waals surface area contributed by atoms with Crippen molar-refractivity contribution in [2.24, 2.45) is 0 Å². The van der Waals surface area contributed by atoms with E-state index in [0.717, 1.165) is 59.4 Å². The van der Waals surface area contributed by atoms with Crippen molar-refractivity contribution < 1.29 is 24.2 Å². The third-order valence-electron chi connectivity index (χ3n) is 10.1. The lowest BCUT2D eigenvalue weighted by atomic mass is 9.97. The molecular weight excluding hydrogens is 652 g/mol. The lowest BCUT2D eigenvalue weighted by Gasteiger charge is -2.39. The molecule has 2 heterocycles. The molecule has 2 aliphatic rings. The number of nitrogens with two attached hydrogens (primary N) is 1. The molecule has 2 aliphatic heterocycles. The largest absolute Gasteiger partial charge is 0.397 e. The summed E-state index contributed by atoms with van der Waals surface area (Å²) in [5, 5.41) is 15.4. The van der Waals surface area contributed by atoms with E-state index in [1.54, 1.807) is 12.1 Å². The highest BCUT2D eigenvalue weighted by Crippen LogP contribution is 2.39. The number of hydrogen-bond donors (Lipinski definition) is 4. The molecule has 274 valence electrons. The van der Waals surface area contributed by atoms with Gasteiger partial charge < -0.3 is 35.8 Å². The molecule has 9 heteroatoms. The zero-order valence-electron chi connectivity index (χ0n) is 30.0. The molecule has 9 nitrogen and oxygen atoms in total. The van der Waals surface area contributed by atoms with Crippen LogP contribution >= 0.6 is 0 Å². The highest BCUT2D eigenvalue weighted by molar-refractivity contribution is 5.94. The van der Waals surface area contributed by atoms with Gasteiger partial charge in [0.15, 0.2) is 6.29 Å². The minimum atomic E-state index is -0.508. The Hall–Kier alpha value is -4.54. The number of hydrogen-bond acceptors (Lipinski definition) is 7. The van der Waals surface area contributed by atoms with Crippen LogP contribution in [0.25, 0.3) is 11.1 Å². The van der Waals surface area contributed by atoms with Crippen LogP contribution in [0.5, 0.6) is 0 Å². The topological polar surface area (TPSA) is 126 Å². The van der Waals surface area contributed by atoms with Gasteiger partial charge in [-0.1, -0.05) is 104 Å². The minimum Gasteiger partial charge on any atom is -0.397 e. The normalized spacial score (nSPS) is 19.7. The summed E-state index contributed by atoms with van der Waals surface area (Å²) < 4.78 is 13.3. The van der Waals surface area contributed by atoms with Crippen molar-refractivity contribution in [3.8, 4) is 11.1 Å². The van der Waals surface area contributed by atoms with E-state index in [0.29, 0.717) is 24.3 Å². The van der Waals surface area contributed by atoms with Crippen molar-refractivity contribution in [1.82, 2.24) is 10.2 Å². The Balaban J connectivity index is 1.07. The van der Waals surface area contributed by atoms with Crippen LogP contribution in [0.1, 0.15) is 92.4 Å². The zero-order chi connectivity index (χ0) is 36.1. The van der Waals surface area contributed by atoms with Crippen LogP contribution in [0, 0.1) is 0 Å². The average Bonchev–Trinajstić information content (AvgIpc) is 3.16. The summed E-state index contributed by atoms with van der Waals surface area (Å²) in [6.45, 7) is 3.50. The Morgan fingerprint density at radius 1 is 0.769 bits per heavy atom. The molecule has 0 saturated carbocycles. The van der Waals surface area contributed by atoms with E-state index in [-0.39, 0.29) is 43.5 Å². The molecule has 4 aromatic rings.